The van der Waals surface area contributed by atoms with Crippen molar-refractivity contribution in [1.29, 1.82) is 0 Å². The molecule has 0 N–H and O–H groups in total. The number of rotatable bonds is 8. The highest BCUT2D eigenvalue weighted by Crippen LogP contribution is 2.41. The van der Waals surface area contributed by atoms with E-state index in [-0.39, 0.29) is 0 Å². The van der Waals surface area contributed by atoms with Gasteiger partial charge in [-0.3, -0.25) is 4.98 Å². The Morgan fingerprint density at radius 2 is 1.75 bits per heavy atom. The lowest BCUT2D eigenvalue weighted by molar-refractivity contribution is 0.269. The smallest absolute Gasteiger partial charge is 0.203 e. The van der Waals surface area contributed by atoms with Gasteiger partial charge in [-0.1, -0.05) is 29.3 Å². The Bertz CT molecular complexity index is 942. The van der Waals surface area contributed by atoms with Gasteiger partial charge in [0.2, 0.25) is 5.75 Å². The van der Waals surface area contributed by atoms with Crippen molar-refractivity contribution in [2.24, 2.45) is 0 Å². The molecule has 3 aromatic rings. The summed E-state index contributed by atoms with van der Waals surface area (Å²) in [5.41, 5.74) is 2.70. The maximum absolute atomic E-state index is 6.26. The number of aryl methyl sites for hydroxylation is 2. The topological polar surface area (TPSA) is 53.5 Å². The van der Waals surface area contributed by atoms with E-state index < -0.39 is 0 Å². The van der Waals surface area contributed by atoms with Crippen LogP contribution in [-0.2, 0) is 19.4 Å². The van der Waals surface area contributed by atoms with Gasteiger partial charge >= 0.3 is 0 Å². The molecule has 0 radical (unpaired) electrons. The van der Waals surface area contributed by atoms with Gasteiger partial charge in [0.05, 0.1) is 35.0 Å². The average molecular weight is 439 g/mol. The van der Waals surface area contributed by atoms with E-state index in [1.165, 1.54) is 0 Å². The van der Waals surface area contributed by atoms with Crippen molar-refractivity contribution in [3.63, 3.8) is 0 Å². The van der Waals surface area contributed by atoms with Crippen LogP contribution < -0.4 is 14.2 Å². The summed E-state index contributed by atoms with van der Waals surface area (Å²) in [6, 6.07) is 3.83. The van der Waals surface area contributed by atoms with Crippen LogP contribution in [0.1, 0.15) is 21.8 Å². The minimum atomic E-state index is 0.345. The van der Waals surface area contributed by atoms with Crippen LogP contribution in [0, 0.1) is 6.92 Å². The molecule has 2 aromatic heterocycles. The predicted molar refractivity (Wildman–Crippen MR) is 112 cm³/mol. The lowest BCUT2D eigenvalue weighted by atomic mass is 10.0. The normalized spacial score (nSPS) is 10.8. The first-order valence-electron chi connectivity index (χ1n) is 8.59. The molecule has 0 saturated heterocycles. The molecular formula is C20H20Cl2N2O3S. The fourth-order valence-electron chi connectivity index (χ4n) is 2.85. The first kappa shape index (κ1) is 20.7. The van der Waals surface area contributed by atoms with Crippen molar-refractivity contribution in [3.05, 3.63) is 61.8 Å². The summed E-state index contributed by atoms with van der Waals surface area (Å²) in [6.07, 6.45) is 4.50. The van der Waals surface area contributed by atoms with Gasteiger partial charge in [0, 0.05) is 17.8 Å². The maximum Gasteiger partial charge on any atom is 0.203 e. The molecule has 1 aromatic carbocycles. The SMILES string of the molecule is COc1ccc(CCc2c(Cl)cncc2Cl)c(OCc2csc(C)n2)c1OC. The summed E-state index contributed by atoms with van der Waals surface area (Å²) in [5.74, 6) is 1.79. The van der Waals surface area contributed by atoms with Gasteiger partial charge in [0.1, 0.15) is 6.61 Å². The van der Waals surface area contributed by atoms with Gasteiger partial charge in [-0.05, 0) is 37.0 Å². The summed E-state index contributed by atoms with van der Waals surface area (Å²) in [6.45, 7) is 2.31. The molecule has 0 aliphatic heterocycles. The van der Waals surface area contributed by atoms with Gasteiger partial charge in [0.15, 0.2) is 11.5 Å². The lowest BCUT2D eigenvalue weighted by Gasteiger charge is -2.17. The number of hydrogen-bond acceptors (Lipinski definition) is 6. The fraction of sp³-hybridized carbons (Fsp3) is 0.300. The highest BCUT2D eigenvalue weighted by Gasteiger charge is 2.18. The first-order valence-corrected chi connectivity index (χ1v) is 10.2. The van der Waals surface area contributed by atoms with Gasteiger partial charge in [-0.25, -0.2) is 4.98 Å². The molecule has 0 saturated carbocycles. The van der Waals surface area contributed by atoms with E-state index in [4.69, 9.17) is 37.4 Å². The molecule has 5 nitrogen and oxygen atoms in total. The van der Waals surface area contributed by atoms with Gasteiger partial charge in [-0.2, -0.15) is 0 Å². The van der Waals surface area contributed by atoms with Crippen molar-refractivity contribution in [2.75, 3.05) is 14.2 Å². The fourth-order valence-corrected chi connectivity index (χ4v) is 4.00. The molecule has 28 heavy (non-hydrogen) atoms. The Morgan fingerprint density at radius 3 is 2.36 bits per heavy atom. The molecule has 0 unspecified atom stereocenters. The Labute approximate surface area is 178 Å². The molecule has 0 atom stereocenters. The van der Waals surface area contributed by atoms with E-state index in [1.54, 1.807) is 38.0 Å². The van der Waals surface area contributed by atoms with Crippen molar-refractivity contribution in [1.82, 2.24) is 9.97 Å². The second kappa shape index (κ2) is 9.45. The number of nitrogens with zero attached hydrogens (tertiary/aromatic N) is 2. The third kappa shape index (κ3) is 4.69. The Hall–Kier alpha value is -2.02. The quantitative estimate of drug-likeness (QED) is 0.462. The molecule has 0 fully saturated rings. The summed E-state index contributed by atoms with van der Waals surface area (Å²) in [4.78, 5) is 8.45. The molecule has 0 spiro atoms. The second-order valence-electron chi connectivity index (χ2n) is 6.02. The van der Waals surface area contributed by atoms with Crippen LogP contribution in [0.2, 0.25) is 10.0 Å². The summed E-state index contributed by atoms with van der Waals surface area (Å²) >= 11 is 14.1. The molecule has 0 aliphatic rings. The first-order chi connectivity index (χ1) is 13.5. The zero-order chi connectivity index (χ0) is 20.1. The van der Waals surface area contributed by atoms with E-state index in [2.05, 4.69) is 9.97 Å². The van der Waals surface area contributed by atoms with Crippen LogP contribution >= 0.6 is 34.5 Å². The van der Waals surface area contributed by atoms with Gasteiger partial charge in [-0.15, -0.1) is 11.3 Å². The number of aromatic nitrogens is 2. The zero-order valence-electron chi connectivity index (χ0n) is 15.8. The van der Waals surface area contributed by atoms with Crippen molar-refractivity contribution < 1.29 is 14.2 Å². The summed E-state index contributed by atoms with van der Waals surface area (Å²) < 4.78 is 17.1. The zero-order valence-corrected chi connectivity index (χ0v) is 18.1. The number of hydrogen-bond donors (Lipinski definition) is 0. The Balaban J connectivity index is 1.88. The predicted octanol–water partition coefficient (Wildman–Crippen LogP) is 5.53. The second-order valence-corrected chi connectivity index (χ2v) is 7.89. The molecule has 3 rings (SSSR count). The van der Waals surface area contributed by atoms with E-state index in [0.717, 1.165) is 21.8 Å². The number of halogens is 2. The van der Waals surface area contributed by atoms with E-state index >= 15 is 0 Å². The molecule has 8 heteroatoms. The molecular weight excluding hydrogens is 419 g/mol. The third-order valence-corrected chi connectivity index (χ3v) is 5.68. The summed E-state index contributed by atoms with van der Waals surface area (Å²) in [5, 5.41) is 4.08. The van der Waals surface area contributed by atoms with Crippen LogP contribution in [0.3, 0.4) is 0 Å². The highest BCUT2D eigenvalue weighted by atomic mass is 35.5. The van der Waals surface area contributed by atoms with Crippen LogP contribution in [0.5, 0.6) is 17.2 Å². The van der Waals surface area contributed by atoms with Crippen LogP contribution in [0.15, 0.2) is 29.9 Å². The van der Waals surface area contributed by atoms with Crippen molar-refractivity contribution >= 4 is 34.5 Å². The van der Waals surface area contributed by atoms with E-state index in [9.17, 15) is 0 Å². The third-order valence-electron chi connectivity index (χ3n) is 4.21. The number of benzene rings is 1. The highest BCUT2D eigenvalue weighted by molar-refractivity contribution is 7.09. The minimum absolute atomic E-state index is 0.345. The number of methoxy groups -OCH3 is 2. The van der Waals surface area contributed by atoms with E-state index in [1.807, 2.05) is 24.4 Å². The van der Waals surface area contributed by atoms with Crippen molar-refractivity contribution in [2.45, 2.75) is 26.4 Å². The molecule has 148 valence electrons. The summed E-state index contributed by atoms with van der Waals surface area (Å²) in [7, 11) is 3.19. The van der Waals surface area contributed by atoms with Crippen LogP contribution in [-0.4, -0.2) is 24.2 Å². The largest absolute Gasteiger partial charge is 0.493 e. The Kier molecular flexibility index (Phi) is 6.99. The van der Waals surface area contributed by atoms with Gasteiger partial charge in [0.25, 0.3) is 0 Å². The van der Waals surface area contributed by atoms with Gasteiger partial charge < -0.3 is 14.2 Å². The average Bonchev–Trinajstić information content (AvgIpc) is 3.10. The lowest BCUT2D eigenvalue weighted by Crippen LogP contribution is -2.04. The molecule has 0 aliphatic carbocycles. The molecule has 2 heterocycles. The van der Waals surface area contributed by atoms with Crippen molar-refractivity contribution in [3.8, 4) is 17.2 Å². The van der Waals surface area contributed by atoms with Crippen LogP contribution in [0.25, 0.3) is 0 Å². The number of pyridine rings is 1. The number of ether oxygens (including phenoxy) is 3. The van der Waals surface area contributed by atoms with Crippen LogP contribution in [0.4, 0.5) is 0 Å². The monoisotopic (exact) mass is 438 g/mol. The molecule has 0 bridgehead atoms. The minimum Gasteiger partial charge on any atom is -0.493 e. The molecule has 0 amide bonds. The standard InChI is InChI=1S/C20H20Cl2N2O3S/c1-12-24-14(11-28-12)10-27-19-13(5-7-18(25-2)20(19)26-3)4-6-15-16(21)8-23-9-17(15)22/h5,7-9,11H,4,6,10H2,1-3H3. The Morgan fingerprint density at radius 1 is 1.00 bits per heavy atom. The maximum atomic E-state index is 6.26. The van der Waals surface area contributed by atoms with E-state index in [0.29, 0.717) is 46.7 Å². The number of thiazole rings is 1.